The van der Waals surface area contributed by atoms with Crippen LogP contribution in [-0.4, -0.2) is 38.8 Å². The number of hydrogen-bond acceptors (Lipinski definition) is 4. The van der Waals surface area contributed by atoms with Gasteiger partial charge in [-0.05, 0) is 18.6 Å². The highest BCUT2D eigenvalue weighted by Gasteiger charge is 2.20. The largest absolute Gasteiger partial charge is 0.496 e. The Bertz CT molecular complexity index is 442. The normalized spacial score (nSPS) is 18.9. The van der Waals surface area contributed by atoms with E-state index in [0.29, 0.717) is 26.3 Å². The van der Waals surface area contributed by atoms with Crippen LogP contribution in [0.15, 0.2) is 18.2 Å². The van der Waals surface area contributed by atoms with Crippen LogP contribution in [-0.2, 0) is 16.1 Å². The van der Waals surface area contributed by atoms with Crippen LogP contribution in [0.5, 0.6) is 5.75 Å². The van der Waals surface area contributed by atoms with Crippen LogP contribution in [0, 0.1) is 6.92 Å². The zero-order valence-electron chi connectivity index (χ0n) is 11.4. The maximum atomic E-state index is 11.9. The fourth-order valence-electron chi connectivity index (χ4n) is 2.04. The van der Waals surface area contributed by atoms with Gasteiger partial charge in [0.05, 0.1) is 20.3 Å². The van der Waals surface area contributed by atoms with Gasteiger partial charge in [0, 0.05) is 18.7 Å². The molecule has 1 saturated heterocycles. The summed E-state index contributed by atoms with van der Waals surface area (Å²) in [5, 5.41) is 6.03. The van der Waals surface area contributed by atoms with Gasteiger partial charge in [0.2, 0.25) is 5.91 Å². The van der Waals surface area contributed by atoms with Gasteiger partial charge < -0.3 is 20.1 Å². The molecule has 0 radical (unpaired) electrons. The number of ether oxygens (including phenoxy) is 2. The van der Waals surface area contributed by atoms with Gasteiger partial charge in [-0.25, -0.2) is 0 Å². The molecule has 1 aliphatic rings. The van der Waals surface area contributed by atoms with Crippen LogP contribution < -0.4 is 15.4 Å². The summed E-state index contributed by atoms with van der Waals surface area (Å²) >= 11 is 0. The Labute approximate surface area is 113 Å². The van der Waals surface area contributed by atoms with Crippen LogP contribution in [0.4, 0.5) is 0 Å². The summed E-state index contributed by atoms with van der Waals surface area (Å²) in [5.41, 5.74) is 2.10. The second kappa shape index (κ2) is 6.54. The summed E-state index contributed by atoms with van der Waals surface area (Å²) in [5.74, 6) is 0.760. The number of hydrogen-bond donors (Lipinski definition) is 2. The smallest absolute Gasteiger partial charge is 0.239 e. The molecule has 1 atom stereocenters. The molecule has 1 heterocycles. The van der Waals surface area contributed by atoms with Crippen molar-refractivity contribution in [1.82, 2.24) is 10.6 Å². The predicted molar refractivity (Wildman–Crippen MR) is 72.2 cm³/mol. The number of nitrogens with one attached hydrogen (secondary N) is 2. The number of methoxy groups -OCH3 is 1. The van der Waals surface area contributed by atoms with Crippen molar-refractivity contribution in [2.75, 3.05) is 26.9 Å². The third-order valence-corrected chi connectivity index (χ3v) is 3.13. The van der Waals surface area contributed by atoms with Crippen LogP contribution in [0.1, 0.15) is 11.1 Å². The Balaban J connectivity index is 1.92. The Morgan fingerprint density at radius 1 is 1.58 bits per heavy atom. The molecule has 0 aliphatic carbocycles. The molecule has 1 unspecified atom stereocenters. The van der Waals surface area contributed by atoms with Crippen LogP contribution in [0.25, 0.3) is 0 Å². The summed E-state index contributed by atoms with van der Waals surface area (Å²) in [7, 11) is 1.64. The number of carbonyl (C=O) groups is 1. The van der Waals surface area contributed by atoms with Crippen molar-refractivity contribution in [3.8, 4) is 5.75 Å². The molecule has 0 spiro atoms. The van der Waals surface area contributed by atoms with Crippen LogP contribution >= 0.6 is 0 Å². The Hall–Kier alpha value is -1.59. The topological polar surface area (TPSA) is 59.6 Å². The van der Waals surface area contributed by atoms with E-state index in [-0.39, 0.29) is 11.9 Å². The van der Waals surface area contributed by atoms with Gasteiger partial charge >= 0.3 is 0 Å². The number of aryl methyl sites for hydroxylation is 1. The van der Waals surface area contributed by atoms with Gasteiger partial charge in [-0.15, -0.1) is 0 Å². The third kappa shape index (κ3) is 3.68. The zero-order valence-corrected chi connectivity index (χ0v) is 11.4. The molecular formula is C14H20N2O3. The molecule has 1 amide bonds. The summed E-state index contributed by atoms with van der Waals surface area (Å²) in [6, 6.07) is 5.68. The number of benzene rings is 1. The minimum Gasteiger partial charge on any atom is -0.496 e. The van der Waals surface area contributed by atoms with Gasteiger partial charge in [0.25, 0.3) is 0 Å². The van der Waals surface area contributed by atoms with Crippen molar-refractivity contribution in [1.29, 1.82) is 0 Å². The van der Waals surface area contributed by atoms with Crippen molar-refractivity contribution >= 4 is 5.91 Å². The molecule has 1 aliphatic heterocycles. The van der Waals surface area contributed by atoms with Crippen molar-refractivity contribution in [2.45, 2.75) is 19.5 Å². The summed E-state index contributed by atoms with van der Waals surface area (Å²) in [6.45, 7) is 4.27. The molecule has 0 bridgehead atoms. The van der Waals surface area contributed by atoms with Crippen LogP contribution in [0.3, 0.4) is 0 Å². The van der Waals surface area contributed by atoms with Gasteiger partial charge in [-0.2, -0.15) is 0 Å². The van der Waals surface area contributed by atoms with E-state index < -0.39 is 0 Å². The molecule has 19 heavy (non-hydrogen) atoms. The number of carbonyl (C=O) groups excluding carboxylic acids is 1. The summed E-state index contributed by atoms with van der Waals surface area (Å²) in [4.78, 5) is 11.9. The van der Waals surface area contributed by atoms with E-state index in [2.05, 4.69) is 10.6 Å². The maximum absolute atomic E-state index is 11.9. The molecular weight excluding hydrogens is 244 g/mol. The summed E-state index contributed by atoms with van der Waals surface area (Å²) in [6.07, 6.45) is 0. The average Bonchev–Trinajstić information content (AvgIpc) is 2.46. The van der Waals surface area contributed by atoms with Gasteiger partial charge in [-0.1, -0.05) is 12.1 Å². The van der Waals surface area contributed by atoms with E-state index in [0.717, 1.165) is 16.9 Å². The highest BCUT2D eigenvalue weighted by molar-refractivity contribution is 5.82. The molecule has 5 heteroatoms. The fraction of sp³-hybridized carbons (Fsp3) is 0.500. The van der Waals surface area contributed by atoms with E-state index in [9.17, 15) is 4.79 Å². The van der Waals surface area contributed by atoms with E-state index in [4.69, 9.17) is 9.47 Å². The first-order valence-corrected chi connectivity index (χ1v) is 6.43. The van der Waals surface area contributed by atoms with Crippen molar-refractivity contribution < 1.29 is 14.3 Å². The van der Waals surface area contributed by atoms with Gasteiger partial charge in [0.15, 0.2) is 0 Å². The monoisotopic (exact) mass is 264 g/mol. The van der Waals surface area contributed by atoms with Gasteiger partial charge in [0.1, 0.15) is 11.8 Å². The minimum atomic E-state index is -0.259. The van der Waals surface area contributed by atoms with E-state index >= 15 is 0 Å². The van der Waals surface area contributed by atoms with E-state index in [1.54, 1.807) is 7.11 Å². The average molecular weight is 264 g/mol. The molecule has 0 aromatic heterocycles. The molecule has 2 rings (SSSR count). The summed E-state index contributed by atoms with van der Waals surface area (Å²) < 4.78 is 10.6. The number of amides is 1. The number of rotatable bonds is 4. The quantitative estimate of drug-likeness (QED) is 0.836. The zero-order chi connectivity index (χ0) is 13.7. The number of morpholine rings is 1. The second-order valence-corrected chi connectivity index (χ2v) is 4.61. The lowest BCUT2D eigenvalue weighted by Crippen LogP contribution is -2.51. The molecule has 1 aromatic rings. The Morgan fingerprint density at radius 2 is 2.42 bits per heavy atom. The highest BCUT2D eigenvalue weighted by Crippen LogP contribution is 2.19. The first kappa shape index (κ1) is 13.8. The van der Waals surface area contributed by atoms with E-state index in [1.165, 1.54) is 0 Å². The molecule has 0 saturated carbocycles. The molecule has 104 valence electrons. The second-order valence-electron chi connectivity index (χ2n) is 4.61. The Morgan fingerprint density at radius 3 is 3.11 bits per heavy atom. The van der Waals surface area contributed by atoms with Crippen LogP contribution in [0.2, 0.25) is 0 Å². The van der Waals surface area contributed by atoms with Gasteiger partial charge in [-0.3, -0.25) is 4.79 Å². The lowest BCUT2D eigenvalue weighted by Gasteiger charge is -2.23. The predicted octanol–water partition coefficient (Wildman–Crippen LogP) is 0.608. The lowest BCUT2D eigenvalue weighted by molar-refractivity contribution is -0.126. The molecule has 1 fully saturated rings. The standard InChI is InChI=1S/C14H20N2O3/c1-10-3-4-11(13(7-10)18-2)8-16-14(17)12-9-19-6-5-15-12/h3-4,7,12,15H,5-6,8-9H2,1-2H3,(H,16,17). The first-order valence-electron chi connectivity index (χ1n) is 6.43. The van der Waals surface area contributed by atoms with Crippen molar-refractivity contribution in [3.05, 3.63) is 29.3 Å². The third-order valence-electron chi connectivity index (χ3n) is 3.13. The fourth-order valence-corrected chi connectivity index (χ4v) is 2.04. The SMILES string of the molecule is COc1cc(C)ccc1CNC(=O)C1COCCN1. The lowest BCUT2D eigenvalue weighted by atomic mass is 10.1. The van der Waals surface area contributed by atoms with Crippen molar-refractivity contribution in [3.63, 3.8) is 0 Å². The first-order chi connectivity index (χ1) is 9.20. The maximum Gasteiger partial charge on any atom is 0.239 e. The molecule has 2 N–H and O–H groups in total. The highest BCUT2D eigenvalue weighted by atomic mass is 16.5. The molecule has 5 nitrogen and oxygen atoms in total. The molecule has 1 aromatic carbocycles. The Kier molecular flexibility index (Phi) is 4.76. The minimum absolute atomic E-state index is 0.0395. The van der Waals surface area contributed by atoms with Crippen molar-refractivity contribution in [2.24, 2.45) is 0 Å². The van der Waals surface area contributed by atoms with E-state index in [1.807, 2.05) is 25.1 Å².